The molecule has 0 radical (unpaired) electrons. The SMILES string of the molecule is Cc1cc(-c2ccccc2)nn1C(=O)CC1Sc2ccccc2NC1=O. The first-order valence-corrected chi connectivity index (χ1v) is 9.21. The molecule has 0 spiro atoms. The molecule has 130 valence electrons. The van der Waals surface area contributed by atoms with Crippen LogP contribution in [0.25, 0.3) is 11.3 Å². The second-order valence-electron chi connectivity index (χ2n) is 6.14. The predicted octanol–water partition coefficient (Wildman–Crippen LogP) is 4.00. The molecule has 0 saturated carbocycles. The van der Waals surface area contributed by atoms with Crippen molar-refractivity contribution in [1.29, 1.82) is 0 Å². The third-order valence-corrected chi connectivity index (χ3v) is 5.54. The fourth-order valence-electron chi connectivity index (χ4n) is 2.95. The lowest BCUT2D eigenvalue weighted by atomic mass is 10.1. The number of rotatable bonds is 3. The highest BCUT2D eigenvalue weighted by molar-refractivity contribution is 8.01. The minimum atomic E-state index is -0.457. The summed E-state index contributed by atoms with van der Waals surface area (Å²) in [4.78, 5) is 26.0. The molecule has 2 heterocycles. The molecule has 1 amide bonds. The van der Waals surface area contributed by atoms with E-state index in [1.54, 1.807) is 0 Å². The summed E-state index contributed by atoms with van der Waals surface area (Å²) in [5.74, 6) is -0.327. The second-order valence-corrected chi connectivity index (χ2v) is 7.38. The molecule has 1 aromatic heterocycles. The lowest BCUT2D eigenvalue weighted by Crippen LogP contribution is -2.32. The summed E-state index contributed by atoms with van der Waals surface area (Å²) in [5.41, 5.74) is 3.27. The predicted molar refractivity (Wildman–Crippen MR) is 102 cm³/mol. The van der Waals surface area contributed by atoms with E-state index in [4.69, 9.17) is 0 Å². The van der Waals surface area contributed by atoms with Gasteiger partial charge in [-0.2, -0.15) is 5.10 Å². The van der Waals surface area contributed by atoms with Gasteiger partial charge in [-0.25, -0.2) is 4.68 Å². The first-order valence-electron chi connectivity index (χ1n) is 8.33. The number of aryl methyl sites for hydroxylation is 1. The molecule has 0 saturated heterocycles. The molecule has 0 fully saturated rings. The van der Waals surface area contributed by atoms with Gasteiger partial charge in [-0.05, 0) is 25.1 Å². The van der Waals surface area contributed by atoms with Gasteiger partial charge in [0.25, 0.3) is 0 Å². The number of nitrogens with zero attached hydrogens (tertiary/aromatic N) is 2. The van der Waals surface area contributed by atoms with Crippen LogP contribution in [0.3, 0.4) is 0 Å². The van der Waals surface area contributed by atoms with Crippen molar-refractivity contribution in [2.24, 2.45) is 0 Å². The third-order valence-electron chi connectivity index (χ3n) is 4.26. The molecule has 1 N–H and O–H groups in total. The monoisotopic (exact) mass is 363 g/mol. The Hall–Kier alpha value is -2.86. The van der Waals surface area contributed by atoms with Crippen LogP contribution in [-0.2, 0) is 4.79 Å². The number of benzene rings is 2. The maximum Gasteiger partial charge on any atom is 0.248 e. The Morgan fingerprint density at radius 2 is 1.88 bits per heavy atom. The summed E-state index contributed by atoms with van der Waals surface area (Å²) in [5, 5.41) is 6.85. The van der Waals surface area contributed by atoms with Gasteiger partial charge < -0.3 is 5.32 Å². The Morgan fingerprint density at radius 1 is 1.15 bits per heavy atom. The van der Waals surface area contributed by atoms with Crippen LogP contribution < -0.4 is 5.32 Å². The number of para-hydroxylation sites is 1. The fraction of sp³-hybridized carbons (Fsp3) is 0.150. The third kappa shape index (κ3) is 3.15. The number of hydrogen-bond acceptors (Lipinski definition) is 4. The highest BCUT2D eigenvalue weighted by Gasteiger charge is 2.30. The number of fused-ring (bicyclic) bond motifs is 1. The zero-order chi connectivity index (χ0) is 18.1. The van der Waals surface area contributed by atoms with Crippen LogP contribution in [0.2, 0.25) is 0 Å². The minimum Gasteiger partial charge on any atom is -0.324 e. The average molecular weight is 363 g/mol. The van der Waals surface area contributed by atoms with Crippen LogP contribution in [-0.4, -0.2) is 26.8 Å². The molecule has 1 aliphatic rings. The van der Waals surface area contributed by atoms with Crippen LogP contribution in [0.4, 0.5) is 5.69 Å². The zero-order valence-electron chi connectivity index (χ0n) is 14.2. The number of carbonyl (C=O) groups excluding carboxylic acids is 2. The van der Waals surface area contributed by atoms with Gasteiger partial charge in [0.05, 0.1) is 23.1 Å². The number of thioether (sulfide) groups is 1. The molecule has 3 aromatic rings. The zero-order valence-corrected chi connectivity index (χ0v) is 15.0. The molecule has 6 heteroatoms. The Balaban J connectivity index is 1.54. The van der Waals surface area contributed by atoms with E-state index >= 15 is 0 Å². The topological polar surface area (TPSA) is 64.0 Å². The lowest BCUT2D eigenvalue weighted by Gasteiger charge is -2.23. The molecule has 2 aromatic carbocycles. The lowest BCUT2D eigenvalue weighted by molar-refractivity contribution is -0.115. The van der Waals surface area contributed by atoms with E-state index in [1.165, 1.54) is 16.4 Å². The first kappa shape index (κ1) is 16.6. The smallest absolute Gasteiger partial charge is 0.248 e. The van der Waals surface area contributed by atoms with Gasteiger partial charge in [0.2, 0.25) is 11.8 Å². The quantitative estimate of drug-likeness (QED) is 0.764. The van der Waals surface area contributed by atoms with Crippen LogP contribution in [0.1, 0.15) is 16.9 Å². The van der Waals surface area contributed by atoms with Crippen molar-refractivity contribution in [3.63, 3.8) is 0 Å². The first-order chi connectivity index (χ1) is 12.6. The van der Waals surface area contributed by atoms with Gasteiger partial charge in [0.1, 0.15) is 0 Å². The van der Waals surface area contributed by atoms with E-state index in [0.717, 1.165) is 27.5 Å². The average Bonchev–Trinajstić information content (AvgIpc) is 3.05. The summed E-state index contributed by atoms with van der Waals surface area (Å²) >= 11 is 1.42. The molecule has 26 heavy (non-hydrogen) atoms. The second kappa shape index (κ2) is 6.80. The number of amides is 1. The number of anilines is 1. The van der Waals surface area contributed by atoms with E-state index in [9.17, 15) is 9.59 Å². The van der Waals surface area contributed by atoms with Gasteiger partial charge >= 0.3 is 0 Å². The summed E-state index contributed by atoms with van der Waals surface area (Å²) in [7, 11) is 0. The van der Waals surface area contributed by atoms with E-state index < -0.39 is 5.25 Å². The van der Waals surface area contributed by atoms with Crippen molar-refractivity contribution in [3.05, 3.63) is 66.4 Å². The van der Waals surface area contributed by atoms with Crippen molar-refractivity contribution in [2.45, 2.75) is 23.5 Å². The molecular formula is C20H17N3O2S. The molecular weight excluding hydrogens is 346 g/mol. The van der Waals surface area contributed by atoms with E-state index in [1.807, 2.05) is 67.6 Å². The van der Waals surface area contributed by atoms with Gasteiger partial charge in [-0.1, -0.05) is 42.5 Å². The Labute approximate surface area is 155 Å². The van der Waals surface area contributed by atoms with Gasteiger partial charge in [0, 0.05) is 16.2 Å². The number of aromatic nitrogens is 2. The van der Waals surface area contributed by atoms with Crippen LogP contribution in [0.5, 0.6) is 0 Å². The standard InChI is InChI=1S/C20H17N3O2S/c1-13-11-16(14-7-3-2-4-8-14)22-23(13)19(24)12-18-20(25)21-15-9-5-6-10-17(15)26-18/h2-11,18H,12H2,1H3,(H,21,25). The van der Waals surface area contributed by atoms with Crippen molar-refractivity contribution in [1.82, 2.24) is 9.78 Å². The summed E-state index contributed by atoms with van der Waals surface area (Å²) in [6, 6.07) is 19.2. The number of carbonyl (C=O) groups is 2. The molecule has 1 unspecified atom stereocenters. The van der Waals surface area contributed by atoms with Gasteiger partial charge in [-0.15, -0.1) is 11.8 Å². The van der Waals surface area contributed by atoms with Gasteiger partial charge in [-0.3, -0.25) is 9.59 Å². The Morgan fingerprint density at radius 3 is 2.69 bits per heavy atom. The van der Waals surface area contributed by atoms with Crippen molar-refractivity contribution in [2.75, 3.05) is 5.32 Å². The van der Waals surface area contributed by atoms with Crippen LogP contribution >= 0.6 is 11.8 Å². The van der Waals surface area contributed by atoms with E-state index in [-0.39, 0.29) is 18.2 Å². The summed E-state index contributed by atoms with van der Waals surface area (Å²) in [6.07, 6.45) is 0.0988. The number of hydrogen-bond donors (Lipinski definition) is 1. The Bertz CT molecular complexity index is 982. The maximum absolute atomic E-state index is 12.7. The molecule has 0 bridgehead atoms. The molecule has 5 nitrogen and oxygen atoms in total. The van der Waals surface area contributed by atoms with Gasteiger partial charge in [0.15, 0.2) is 0 Å². The van der Waals surface area contributed by atoms with Crippen molar-refractivity contribution < 1.29 is 9.59 Å². The number of nitrogens with one attached hydrogen (secondary N) is 1. The summed E-state index contributed by atoms with van der Waals surface area (Å²) in [6.45, 7) is 1.85. The largest absolute Gasteiger partial charge is 0.324 e. The highest BCUT2D eigenvalue weighted by atomic mass is 32.2. The van der Waals surface area contributed by atoms with Crippen molar-refractivity contribution >= 4 is 29.3 Å². The summed E-state index contributed by atoms with van der Waals surface area (Å²) < 4.78 is 1.40. The molecule has 1 aliphatic heterocycles. The Kier molecular flexibility index (Phi) is 4.34. The highest BCUT2D eigenvalue weighted by Crippen LogP contribution is 2.36. The minimum absolute atomic E-state index is 0.0988. The van der Waals surface area contributed by atoms with E-state index in [0.29, 0.717) is 0 Å². The normalized spacial score (nSPS) is 16.0. The van der Waals surface area contributed by atoms with Crippen LogP contribution in [0.15, 0.2) is 65.6 Å². The molecule has 0 aliphatic carbocycles. The van der Waals surface area contributed by atoms with Crippen LogP contribution in [0, 0.1) is 6.92 Å². The molecule has 1 atom stereocenters. The fourth-order valence-corrected chi connectivity index (χ4v) is 4.05. The maximum atomic E-state index is 12.7. The molecule has 4 rings (SSSR count). The van der Waals surface area contributed by atoms with Crippen molar-refractivity contribution in [3.8, 4) is 11.3 Å². The van der Waals surface area contributed by atoms with E-state index in [2.05, 4.69) is 10.4 Å².